The quantitative estimate of drug-likeness (QED) is 0.719. The zero-order chi connectivity index (χ0) is 20.1. The largest absolute Gasteiger partial charge is 0.395 e. The molecule has 0 saturated carbocycles. The van der Waals surface area contributed by atoms with Gasteiger partial charge in [0, 0.05) is 29.6 Å². The maximum Gasteiger partial charge on any atom is 0.277 e. The molecule has 0 saturated heterocycles. The smallest absolute Gasteiger partial charge is 0.277 e. The third-order valence-electron chi connectivity index (χ3n) is 4.37. The van der Waals surface area contributed by atoms with E-state index in [-0.39, 0.29) is 24.8 Å². The molecule has 2 aromatic rings. The first-order valence-corrected chi connectivity index (χ1v) is 8.97. The number of amides is 3. The molecule has 0 unspecified atom stereocenters. The van der Waals surface area contributed by atoms with Crippen molar-refractivity contribution >= 4 is 29.1 Å². The Kier molecular flexibility index (Phi) is 5.86. The predicted molar refractivity (Wildman–Crippen MR) is 106 cm³/mol. The van der Waals surface area contributed by atoms with Gasteiger partial charge >= 0.3 is 0 Å². The van der Waals surface area contributed by atoms with Crippen LogP contribution >= 0.6 is 0 Å². The zero-order valence-electron chi connectivity index (χ0n) is 15.5. The highest BCUT2D eigenvalue weighted by atomic mass is 16.3. The lowest BCUT2D eigenvalue weighted by Crippen LogP contribution is -2.34. The molecule has 1 heterocycles. The number of hydrogen-bond acceptors (Lipinski definition) is 5. The molecule has 3 amide bonds. The Labute approximate surface area is 162 Å². The summed E-state index contributed by atoms with van der Waals surface area (Å²) in [5.74, 6) is -1.07. The van der Waals surface area contributed by atoms with Gasteiger partial charge in [0.15, 0.2) is 0 Å². The summed E-state index contributed by atoms with van der Waals surface area (Å²) >= 11 is 0. The highest BCUT2D eigenvalue weighted by Crippen LogP contribution is 2.20. The summed E-state index contributed by atoms with van der Waals surface area (Å²) in [6, 6.07) is 16.1. The average Bonchev–Trinajstić information content (AvgIpc) is 2.97. The molecule has 0 aliphatic carbocycles. The number of hydrogen-bond donors (Lipinski definition) is 2. The number of aliphatic hydroxyl groups excluding tert-OH is 1. The Morgan fingerprint density at radius 2 is 1.75 bits per heavy atom. The van der Waals surface area contributed by atoms with Gasteiger partial charge < -0.3 is 15.3 Å². The van der Waals surface area contributed by atoms with Crippen molar-refractivity contribution in [3.8, 4) is 0 Å². The van der Waals surface area contributed by atoms with E-state index in [1.165, 1.54) is 6.08 Å². The molecule has 144 valence electrons. The van der Waals surface area contributed by atoms with Gasteiger partial charge in [-0.05, 0) is 43.3 Å². The van der Waals surface area contributed by atoms with Gasteiger partial charge in [-0.2, -0.15) is 0 Å². The number of benzene rings is 2. The SMILES string of the molecule is CCN(C(=O)c1ccc(NC2=CC(=O)N(CCO)C2=O)cc1)c1ccccc1. The van der Waals surface area contributed by atoms with Crippen molar-refractivity contribution in [3.63, 3.8) is 0 Å². The minimum absolute atomic E-state index is 0.0425. The molecule has 0 bridgehead atoms. The Balaban J connectivity index is 1.72. The fourth-order valence-electron chi connectivity index (χ4n) is 2.97. The molecule has 1 aliphatic heterocycles. The molecule has 0 atom stereocenters. The summed E-state index contributed by atoms with van der Waals surface area (Å²) in [5.41, 5.74) is 2.05. The molecule has 7 nitrogen and oxygen atoms in total. The number of imide groups is 1. The maximum atomic E-state index is 12.8. The molecular formula is C21H21N3O4. The van der Waals surface area contributed by atoms with E-state index in [0.29, 0.717) is 17.8 Å². The Bertz CT molecular complexity index is 907. The van der Waals surface area contributed by atoms with E-state index in [2.05, 4.69) is 5.32 Å². The van der Waals surface area contributed by atoms with E-state index in [0.717, 1.165) is 10.6 Å². The molecular weight excluding hydrogens is 358 g/mol. The van der Waals surface area contributed by atoms with Crippen LogP contribution in [0.1, 0.15) is 17.3 Å². The number of rotatable bonds is 7. The highest BCUT2D eigenvalue weighted by Gasteiger charge is 2.30. The van der Waals surface area contributed by atoms with Gasteiger partial charge in [-0.15, -0.1) is 0 Å². The van der Waals surface area contributed by atoms with E-state index >= 15 is 0 Å². The third-order valence-corrected chi connectivity index (χ3v) is 4.37. The fraction of sp³-hybridized carbons (Fsp3) is 0.190. The van der Waals surface area contributed by atoms with Crippen LogP contribution in [0.4, 0.5) is 11.4 Å². The van der Waals surface area contributed by atoms with Crippen molar-refractivity contribution in [2.45, 2.75) is 6.92 Å². The van der Waals surface area contributed by atoms with Crippen LogP contribution in [-0.4, -0.2) is 47.4 Å². The van der Waals surface area contributed by atoms with Crippen molar-refractivity contribution in [2.75, 3.05) is 29.9 Å². The number of para-hydroxylation sites is 1. The molecule has 0 radical (unpaired) electrons. The summed E-state index contributed by atoms with van der Waals surface area (Å²) in [6.07, 6.45) is 1.20. The van der Waals surface area contributed by atoms with Crippen LogP contribution in [0.5, 0.6) is 0 Å². The van der Waals surface area contributed by atoms with Crippen LogP contribution in [0.2, 0.25) is 0 Å². The fourth-order valence-corrected chi connectivity index (χ4v) is 2.97. The normalized spacial score (nSPS) is 13.5. The molecule has 2 N–H and O–H groups in total. The average molecular weight is 379 g/mol. The van der Waals surface area contributed by atoms with Crippen LogP contribution < -0.4 is 10.2 Å². The number of carbonyl (C=O) groups is 3. The molecule has 1 aliphatic rings. The van der Waals surface area contributed by atoms with Crippen LogP contribution in [0.3, 0.4) is 0 Å². The Hall–Kier alpha value is -3.45. The van der Waals surface area contributed by atoms with Crippen molar-refractivity contribution in [2.24, 2.45) is 0 Å². The summed E-state index contributed by atoms with van der Waals surface area (Å²) in [4.78, 5) is 39.4. The standard InChI is InChI=1S/C21H21N3O4/c1-2-23(17-6-4-3-5-7-17)20(27)15-8-10-16(11-9-15)22-18-14-19(26)24(12-13-25)21(18)28/h3-11,14,22,25H,2,12-13H2,1H3. The van der Waals surface area contributed by atoms with Crippen LogP contribution in [0, 0.1) is 0 Å². The van der Waals surface area contributed by atoms with Crippen LogP contribution in [0.15, 0.2) is 66.4 Å². The Morgan fingerprint density at radius 3 is 2.36 bits per heavy atom. The minimum Gasteiger partial charge on any atom is -0.395 e. The van der Waals surface area contributed by atoms with Gasteiger partial charge in [0.2, 0.25) is 0 Å². The molecule has 3 rings (SSSR count). The number of anilines is 2. The van der Waals surface area contributed by atoms with E-state index in [9.17, 15) is 14.4 Å². The number of β-amino-alcohol motifs (C(OH)–C–C–N with tert-alkyl or cyclic N) is 1. The second-order valence-electron chi connectivity index (χ2n) is 6.16. The second-order valence-corrected chi connectivity index (χ2v) is 6.16. The lowest BCUT2D eigenvalue weighted by atomic mass is 10.1. The summed E-state index contributed by atoms with van der Waals surface area (Å²) in [7, 11) is 0. The van der Waals surface area contributed by atoms with E-state index in [1.54, 1.807) is 29.2 Å². The maximum absolute atomic E-state index is 12.8. The highest BCUT2D eigenvalue weighted by molar-refractivity contribution is 6.17. The third kappa shape index (κ3) is 3.94. The second kappa shape index (κ2) is 8.49. The van der Waals surface area contributed by atoms with Crippen molar-refractivity contribution in [1.82, 2.24) is 4.90 Å². The van der Waals surface area contributed by atoms with Gasteiger partial charge in [0.1, 0.15) is 5.70 Å². The molecule has 7 heteroatoms. The first-order chi connectivity index (χ1) is 13.5. The van der Waals surface area contributed by atoms with Crippen molar-refractivity contribution in [3.05, 3.63) is 71.9 Å². The topological polar surface area (TPSA) is 90.0 Å². The number of carbonyl (C=O) groups excluding carboxylic acids is 3. The lowest BCUT2D eigenvalue weighted by Gasteiger charge is -2.21. The summed E-state index contributed by atoms with van der Waals surface area (Å²) in [5, 5.41) is 11.8. The summed E-state index contributed by atoms with van der Waals surface area (Å²) < 4.78 is 0. The minimum atomic E-state index is -0.486. The number of nitrogens with one attached hydrogen (secondary N) is 1. The lowest BCUT2D eigenvalue weighted by molar-refractivity contribution is -0.137. The van der Waals surface area contributed by atoms with E-state index in [4.69, 9.17) is 5.11 Å². The first kappa shape index (κ1) is 19.3. The number of nitrogens with zero attached hydrogens (tertiary/aromatic N) is 2. The van der Waals surface area contributed by atoms with Crippen molar-refractivity contribution in [1.29, 1.82) is 0 Å². The van der Waals surface area contributed by atoms with Gasteiger partial charge in [-0.3, -0.25) is 19.3 Å². The van der Waals surface area contributed by atoms with Gasteiger partial charge in [0.25, 0.3) is 17.7 Å². The number of aliphatic hydroxyl groups is 1. The predicted octanol–water partition coefficient (Wildman–Crippen LogP) is 2.01. The van der Waals surface area contributed by atoms with Crippen molar-refractivity contribution < 1.29 is 19.5 Å². The van der Waals surface area contributed by atoms with Crippen LogP contribution in [-0.2, 0) is 9.59 Å². The molecule has 2 aromatic carbocycles. The first-order valence-electron chi connectivity index (χ1n) is 8.97. The molecule has 0 aromatic heterocycles. The van der Waals surface area contributed by atoms with Gasteiger partial charge in [-0.25, -0.2) is 0 Å². The Morgan fingerprint density at radius 1 is 1.07 bits per heavy atom. The monoisotopic (exact) mass is 379 g/mol. The van der Waals surface area contributed by atoms with E-state index < -0.39 is 11.8 Å². The summed E-state index contributed by atoms with van der Waals surface area (Å²) in [6.45, 7) is 2.12. The molecule has 28 heavy (non-hydrogen) atoms. The molecule has 0 fully saturated rings. The molecule has 0 spiro atoms. The van der Waals surface area contributed by atoms with Gasteiger partial charge in [0.05, 0.1) is 13.2 Å². The van der Waals surface area contributed by atoms with E-state index in [1.807, 2.05) is 37.3 Å². The zero-order valence-corrected chi connectivity index (χ0v) is 15.5. The van der Waals surface area contributed by atoms with Crippen LogP contribution in [0.25, 0.3) is 0 Å². The van der Waals surface area contributed by atoms with Gasteiger partial charge in [-0.1, -0.05) is 18.2 Å².